The molecule has 0 spiro atoms. The molecule has 36 heavy (non-hydrogen) atoms. The molecule has 1 saturated heterocycles. The van der Waals surface area contributed by atoms with E-state index >= 15 is 0 Å². The number of nitriles is 1. The SMILES string of the molecule is COc1cccc(OC)c1-n1c(CS(=O)(=O)CCN2C(=O)[C@@H](C)C[C@@]2(C)C#N)nnc1-c1ccco1. The van der Waals surface area contributed by atoms with Gasteiger partial charge in [0.15, 0.2) is 21.4 Å². The molecule has 1 aromatic carbocycles. The summed E-state index contributed by atoms with van der Waals surface area (Å²) in [6.07, 6.45) is 1.83. The fourth-order valence-electron chi connectivity index (χ4n) is 4.53. The van der Waals surface area contributed by atoms with Gasteiger partial charge in [0, 0.05) is 12.5 Å². The van der Waals surface area contributed by atoms with Gasteiger partial charge in [-0.05, 0) is 37.6 Å². The first-order valence-electron chi connectivity index (χ1n) is 11.3. The van der Waals surface area contributed by atoms with E-state index < -0.39 is 21.1 Å². The summed E-state index contributed by atoms with van der Waals surface area (Å²) in [4.78, 5) is 13.9. The first-order valence-corrected chi connectivity index (χ1v) is 13.1. The highest BCUT2D eigenvalue weighted by molar-refractivity contribution is 7.90. The molecule has 11 nitrogen and oxygen atoms in total. The summed E-state index contributed by atoms with van der Waals surface area (Å²) in [6.45, 7) is 3.31. The van der Waals surface area contributed by atoms with Crippen LogP contribution in [-0.2, 0) is 20.4 Å². The number of likely N-dealkylation sites (tertiary alicyclic amines) is 1. The third kappa shape index (κ3) is 4.54. The average molecular weight is 514 g/mol. The minimum absolute atomic E-state index is 0.0906. The smallest absolute Gasteiger partial charge is 0.226 e. The molecule has 0 radical (unpaired) electrons. The summed E-state index contributed by atoms with van der Waals surface area (Å²) in [5, 5.41) is 18.0. The van der Waals surface area contributed by atoms with Crippen molar-refractivity contribution in [1.82, 2.24) is 19.7 Å². The molecular weight excluding hydrogens is 486 g/mol. The summed E-state index contributed by atoms with van der Waals surface area (Å²) in [7, 11) is -0.802. The number of nitrogens with zero attached hydrogens (tertiary/aromatic N) is 5. The lowest BCUT2D eigenvalue weighted by atomic mass is 9.97. The van der Waals surface area contributed by atoms with Gasteiger partial charge in [-0.25, -0.2) is 8.42 Å². The molecule has 1 amide bonds. The highest BCUT2D eigenvalue weighted by Gasteiger charge is 2.46. The minimum Gasteiger partial charge on any atom is -0.494 e. The summed E-state index contributed by atoms with van der Waals surface area (Å²) >= 11 is 0. The number of ether oxygens (including phenoxy) is 2. The molecule has 1 aliphatic rings. The quantitative estimate of drug-likeness (QED) is 0.422. The number of benzene rings is 1. The van der Waals surface area contributed by atoms with E-state index in [2.05, 4.69) is 16.3 Å². The fourth-order valence-corrected chi connectivity index (χ4v) is 5.71. The number of carbonyl (C=O) groups excluding carboxylic acids is 1. The van der Waals surface area contributed by atoms with E-state index in [0.29, 0.717) is 29.4 Å². The van der Waals surface area contributed by atoms with Crippen LogP contribution >= 0.6 is 0 Å². The topological polar surface area (TPSA) is 141 Å². The van der Waals surface area contributed by atoms with E-state index in [1.165, 1.54) is 29.9 Å². The van der Waals surface area contributed by atoms with E-state index in [4.69, 9.17) is 13.9 Å². The Balaban J connectivity index is 1.71. The number of furan rings is 1. The zero-order valence-corrected chi connectivity index (χ0v) is 21.3. The summed E-state index contributed by atoms with van der Waals surface area (Å²) in [5.41, 5.74) is -0.617. The lowest BCUT2D eigenvalue weighted by Crippen LogP contribution is -2.44. The Labute approximate surface area is 209 Å². The third-order valence-electron chi connectivity index (χ3n) is 6.30. The number of hydrogen-bond acceptors (Lipinski definition) is 9. The van der Waals surface area contributed by atoms with E-state index in [1.54, 1.807) is 44.2 Å². The number of aromatic nitrogens is 3. The van der Waals surface area contributed by atoms with Crippen molar-refractivity contribution >= 4 is 15.7 Å². The van der Waals surface area contributed by atoms with Crippen LogP contribution in [0.5, 0.6) is 11.5 Å². The van der Waals surface area contributed by atoms with Crippen molar-refractivity contribution in [3.8, 4) is 34.8 Å². The molecule has 190 valence electrons. The molecule has 4 rings (SSSR count). The highest BCUT2D eigenvalue weighted by Crippen LogP contribution is 2.37. The van der Waals surface area contributed by atoms with Crippen molar-refractivity contribution in [2.24, 2.45) is 5.92 Å². The van der Waals surface area contributed by atoms with Crippen molar-refractivity contribution in [3.05, 3.63) is 42.4 Å². The first-order chi connectivity index (χ1) is 17.1. The average Bonchev–Trinajstić information content (AvgIpc) is 3.57. The molecule has 1 fully saturated rings. The van der Waals surface area contributed by atoms with Crippen LogP contribution in [0.3, 0.4) is 0 Å². The highest BCUT2D eigenvalue weighted by atomic mass is 32.2. The van der Waals surface area contributed by atoms with E-state index in [0.717, 1.165) is 0 Å². The number of rotatable bonds is 9. The first kappa shape index (κ1) is 25.2. The Hall–Kier alpha value is -3.85. The number of para-hydroxylation sites is 1. The van der Waals surface area contributed by atoms with Crippen molar-refractivity contribution < 1.29 is 27.1 Å². The van der Waals surface area contributed by atoms with Gasteiger partial charge in [0.05, 0.1) is 32.3 Å². The van der Waals surface area contributed by atoms with Gasteiger partial charge in [-0.1, -0.05) is 13.0 Å². The maximum absolute atomic E-state index is 13.2. The molecule has 3 aromatic rings. The normalized spacial score (nSPS) is 19.9. The second-order valence-corrected chi connectivity index (χ2v) is 11.0. The van der Waals surface area contributed by atoms with Gasteiger partial charge < -0.3 is 18.8 Å². The predicted octanol–water partition coefficient (Wildman–Crippen LogP) is 2.61. The molecule has 3 heterocycles. The third-order valence-corrected chi connectivity index (χ3v) is 7.80. The maximum Gasteiger partial charge on any atom is 0.226 e. The molecule has 0 aliphatic carbocycles. The summed E-state index contributed by atoms with van der Waals surface area (Å²) in [5.74, 6) is 0.231. The van der Waals surface area contributed by atoms with Crippen LogP contribution in [0.2, 0.25) is 0 Å². The Morgan fingerprint density at radius 1 is 1.19 bits per heavy atom. The number of amides is 1. The number of hydrogen-bond donors (Lipinski definition) is 0. The van der Waals surface area contributed by atoms with Crippen molar-refractivity contribution in [2.75, 3.05) is 26.5 Å². The van der Waals surface area contributed by atoms with Crippen molar-refractivity contribution in [3.63, 3.8) is 0 Å². The molecule has 0 unspecified atom stereocenters. The van der Waals surface area contributed by atoms with Gasteiger partial charge in [-0.3, -0.25) is 9.36 Å². The standard InChI is InChI=1S/C24H27N5O6S/c1-16-13-24(2,15-25)28(23(16)30)10-12-36(31,32)14-20-26-27-22(19-9-6-11-35-19)29(20)21-17(33-3)7-5-8-18(21)34-4/h5-9,11,16H,10,12-14H2,1-4H3/t16-,24-/m0/s1. The Bertz CT molecular complexity index is 1390. The largest absolute Gasteiger partial charge is 0.494 e. The predicted molar refractivity (Wildman–Crippen MR) is 129 cm³/mol. The van der Waals surface area contributed by atoms with Gasteiger partial charge in [0.25, 0.3) is 0 Å². The molecular formula is C24H27N5O6S. The summed E-state index contributed by atoms with van der Waals surface area (Å²) < 4.78 is 44.6. The maximum atomic E-state index is 13.2. The zero-order valence-electron chi connectivity index (χ0n) is 20.5. The van der Waals surface area contributed by atoms with Crippen LogP contribution in [0.15, 0.2) is 41.0 Å². The Morgan fingerprint density at radius 2 is 1.89 bits per heavy atom. The van der Waals surface area contributed by atoms with E-state index in [-0.39, 0.29) is 35.8 Å². The van der Waals surface area contributed by atoms with Crippen LogP contribution < -0.4 is 9.47 Å². The molecule has 0 N–H and O–H groups in total. The van der Waals surface area contributed by atoms with Crippen LogP contribution in [0.25, 0.3) is 17.3 Å². The van der Waals surface area contributed by atoms with Crippen LogP contribution in [0.1, 0.15) is 26.1 Å². The van der Waals surface area contributed by atoms with Crippen LogP contribution in [0.4, 0.5) is 0 Å². The van der Waals surface area contributed by atoms with Crippen molar-refractivity contribution in [2.45, 2.75) is 31.6 Å². The molecule has 0 bridgehead atoms. The van der Waals surface area contributed by atoms with Gasteiger partial charge in [0.1, 0.15) is 28.5 Å². The monoisotopic (exact) mass is 513 g/mol. The number of sulfone groups is 1. The Kier molecular flexibility index (Phi) is 6.77. The van der Waals surface area contributed by atoms with Crippen molar-refractivity contribution in [1.29, 1.82) is 5.26 Å². The van der Waals surface area contributed by atoms with Gasteiger partial charge >= 0.3 is 0 Å². The second-order valence-electron chi connectivity index (χ2n) is 8.84. The molecule has 2 aromatic heterocycles. The minimum atomic E-state index is -3.79. The molecule has 0 saturated carbocycles. The fraction of sp³-hybridized carbons (Fsp3) is 0.417. The lowest BCUT2D eigenvalue weighted by Gasteiger charge is -2.28. The van der Waals surface area contributed by atoms with Crippen LogP contribution in [0, 0.1) is 17.2 Å². The number of carbonyl (C=O) groups is 1. The van der Waals surface area contributed by atoms with Gasteiger partial charge in [-0.2, -0.15) is 5.26 Å². The Morgan fingerprint density at radius 3 is 2.47 bits per heavy atom. The number of methoxy groups -OCH3 is 2. The van der Waals surface area contributed by atoms with Crippen LogP contribution in [-0.4, -0.2) is 66.0 Å². The molecule has 1 aliphatic heterocycles. The lowest BCUT2D eigenvalue weighted by molar-refractivity contribution is -0.132. The van der Waals surface area contributed by atoms with E-state index in [9.17, 15) is 18.5 Å². The van der Waals surface area contributed by atoms with E-state index in [1.807, 2.05) is 0 Å². The zero-order chi connectivity index (χ0) is 26.1. The second kappa shape index (κ2) is 9.66. The summed E-state index contributed by atoms with van der Waals surface area (Å²) in [6, 6.07) is 10.7. The molecule has 2 atom stereocenters. The van der Waals surface area contributed by atoms with Gasteiger partial charge in [-0.15, -0.1) is 10.2 Å². The molecule has 12 heteroatoms. The van der Waals surface area contributed by atoms with Gasteiger partial charge in [0.2, 0.25) is 11.7 Å².